The lowest BCUT2D eigenvalue weighted by Crippen LogP contribution is -1.98. The zero-order valence-corrected chi connectivity index (χ0v) is 8.45. The molecule has 0 aliphatic carbocycles. The van der Waals surface area contributed by atoms with E-state index >= 15 is 0 Å². The molecule has 68 valence electrons. The van der Waals surface area contributed by atoms with E-state index in [9.17, 15) is 0 Å². The first-order valence-electron chi connectivity index (χ1n) is 3.84. The van der Waals surface area contributed by atoms with Gasteiger partial charge in [-0.1, -0.05) is 0 Å². The summed E-state index contributed by atoms with van der Waals surface area (Å²) >= 11 is 7.39. The first kappa shape index (κ1) is 8.66. The molecule has 1 aromatic heterocycles. The van der Waals surface area contributed by atoms with Crippen LogP contribution >= 0.6 is 22.9 Å². The fraction of sp³-hybridized carbons (Fsp3) is 0.111. The van der Waals surface area contributed by atoms with Gasteiger partial charge in [0, 0.05) is 16.0 Å². The maximum absolute atomic E-state index is 5.86. The minimum Gasteiger partial charge on any atom is -0.397 e. The van der Waals surface area contributed by atoms with Crippen molar-refractivity contribution in [3.63, 3.8) is 0 Å². The van der Waals surface area contributed by atoms with Crippen molar-refractivity contribution in [2.45, 2.75) is 5.88 Å². The molecule has 1 aromatic carbocycles. The standard InChI is InChI=1S/C9H9ClN2S/c10-4-5-3-7-6(1-2-13-7)9(12)8(5)11/h1-3H,4,11-12H2. The van der Waals surface area contributed by atoms with Gasteiger partial charge in [0.25, 0.3) is 0 Å². The number of nitrogens with two attached hydrogens (primary N) is 2. The molecule has 0 bridgehead atoms. The van der Waals surface area contributed by atoms with Crippen LogP contribution in [0.2, 0.25) is 0 Å². The lowest BCUT2D eigenvalue weighted by atomic mass is 10.1. The molecule has 0 fully saturated rings. The molecule has 0 aliphatic heterocycles. The molecular weight excluding hydrogens is 204 g/mol. The van der Waals surface area contributed by atoms with Crippen LogP contribution in [0.3, 0.4) is 0 Å². The summed E-state index contributed by atoms with van der Waals surface area (Å²) in [6, 6.07) is 3.97. The molecule has 0 atom stereocenters. The van der Waals surface area contributed by atoms with Crippen molar-refractivity contribution in [2.75, 3.05) is 11.5 Å². The summed E-state index contributed by atoms with van der Waals surface area (Å²) in [6.45, 7) is 0. The Balaban J connectivity index is 2.83. The quantitative estimate of drug-likeness (QED) is 0.564. The van der Waals surface area contributed by atoms with Gasteiger partial charge in [0.1, 0.15) is 0 Å². The zero-order chi connectivity index (χ0) is 9.42. The molecule has 4 heteroatoms. The van der Waals surface area contributed by atoms with E-state index in [0.29, 0.717) is 17.3 Å². The second kappa shape index (κ2) is 3.09. The summed E-state index contributed by atoms with van der Waals surface area (Å²) in [5.41, 5.74) is 13.8. The average molecular weight is 213 g/mol. The smallest absolute Gasteiger partial charge is 0.0639 e. The van der Waals surface area contributed by atoms with Crippen LogP contribution in [0.1, 0.15) is 5.56 Å². The molecule has 1 heterocycles. The molecule has 0 unspecified atom stereocenters. The normalized spacial score (nSPS) is 10.8. The summed E-state index contributed by atoms with van der Waals surface area (Å²) in [5, 5.41) is 3.02. The summed E-state index contributed by atoms with van der Waals surface area (Å²) in [6.07, 6.45) is 0. The molecule has 0 amide bonds. The van der Waals surface area contributed by atoms with Crippen molar-refractivity contribution >= 4 is 44.4 Å². The van der Waals surface area contributed by atoms with Crippen LogP contribution < -0.4 is 11.5 Å². The van der Waals surface area contributed by atoms with Crippen molar-refractivity contribution < 1.29 is 0 Å². The highest BCUT2D eigenvalue weighted by molar-refractivity contribution is 7.17. The molecule has 0 spiro atoms. The first-order chi connectivity index (χ1) is 6.24. The van der Waals surface area contributed by atoms with Crippen LogP contribution in [-0.4, -0.2) is 0 Å². The summed E-state index contributed by atoms with van der Waals surface area (Å²) in [4.78, 5) is 0. The van der Waals surface area contributed by atoms with Gasteiger partial charge in [-0.2, -0.15) is 0 Å². The van der Waals surface area contributed by atoms with Gasteiger partial charge >= 0.3 is 0 Å². The fourth-order valence-electron chi connectivity index (χ4n) is 1.32. The maximum Gasteiger partial charge on any atom is 0.0639 e. The van der Waals surface area contributed by atoms with E-state index in [4.69, 9.17) is 23.1 Å². The van der Waals surface area contributed by atoms with Crippen molar-refractivity contribution in [1.29, 1.82) is 0 Å². The first-order valence-corrected chi connectivity index (χ1v) is 5.25. The van der Waals surface area contributed by atoms with Crippen LogP contribution in [0.25, 0.3) is 10.1 Å². The molecule has 4 N–H and O–H groups in total. The van der Waals surface area contributed by atoms with E-state index in [-0.39, 0.29) is 0 Å². The minimum absolute atomic E-state index is 0.407. The van der Waals surface area contributed by atoms with Gasteiger partial charge in [-0.05, 0) is 23.1 Å². The lowest BCUT2D eigenvalue weighted by molar-refractivity contribution is 1.43. The van der Waals surface area contributed by atoms with Crippen LogP contribution in [0.15, 0.2) is 17.5 Å². The van der Waals surface area contributed by atoms with Crippen molar-refractivity contribution in [3.05, 3.63) is 23.1 Å². The summed E-state index contributed by atoms with van der Waals surface area (Å²) in [5.74, 6) is 0.407. The summed E-state index contributed by atoms with van der Waals surface area (Å²) in [7, 11) is 0. The highest BCUT2D eigenvalue weighted by Crippen LogP contribution is 2.34. The number of rotatable bonds is 1. The lowest BCUT2D eigenvalue weighted by Gasteiger charge is -2.06. The van der Waals surface area contributed by atoms with Gasteiger partial charge in [-0.3, -0.25) is 0 Å². The average Bonchev–Trinajstić information content (AvgIpc) is 2.59. The Hall–Kier alpha value is -0.930. The van der Waals surface area contributed by atoms with Gasteiger partial charge in [-0.25, -0.2) is 0 Å². The zero-order valence-electron chi connectivity index (χ0n) is 6.88. The Morgan fingerprint density at radius 3 is 2.77 bits per heavy atom. The van der Waals surface area contributed by atoms with Crippen molar-refractivity contribution in [3.8, 4) is 0 Å². The van der Waals surface area contributed by atoms with E-state index in [1.54, 1.807) is 11.3 Å². The third-order valence-corrected chi connectivity index (χ3v) is 3.22. The number of hydrogen-bond acceptors (Lipinski definition) is 3. The van der Waals surface area contributed by atoms with E-state index in [1.165, 1.54) is 0 Å². The molecule has 2 nitrogen and oxygen atoms in total. The number of benzene rings is 1. The van der Waals surface area contributed by atoms with Gasteiger partial charge in [-0.15, -0.1) is 22.9 Å². The van der Waals surface area contributed by atoms with E-state index < -0.39 is 0 Å². The molecule has 0 radical (unpaired) electrons. The predicted molar refractivity (Wildman–Crippen MR) is 60.2 cm³/mol. The number of thiophene rings is 1. The van der Waals surface area contributed by atoms with Gasteiger partial charge in [0.2, 0.25) is 0 Å². The van der Waals surface area contributed by atoms with Crippen molar-refractivity contribution in [1.82, 2.24) is 0 Å². The Morgan fingerprint density at radius 1 is 1.31 bits per heavy atom. The van der Waals surface area contributed by atoms with Crippen LogP contribution in [0.4, 0.5) is 11.4 Å². The largest absolute Gasteiger partial charge is 0.397 e. The monoisotopic (exact) mass is 212 g/mol. The molecule has 0 saturated heterocycles. The number of fused-ring (bicyclic) bond motifs is 1. The predicted octanol–water partition coefficient (Wildman–Crippen LogP) is 2.80. The third-order valence-electron chi connectivity index (χ3n) is 2.07. The second-order valence-corrected chi connectivity index (χ2v) is 4.04. The molecule has 0 aliphatic rings. The maximum atomic E-state index is 5.86. The topological polar surface area (TPSA) is 52.0 Å². The Morgan fingerprint density at radius 2 is 2.08 bits per heavy atom. The van der Waals surface area contributed by atoms with Gasteiger partial charge < -0.3 is 11.5 Å². The highest BCUT2D eigenvalue weighted by atomic mass is 35.5. The van der Waals surface area contributed by atoms with E-state index in [2.05, 4.69) is 0 Å². The van der Waals surface area contributed by atoms with Gasteiger partial charge in [0.05, 0.1) is 11.4 Å². The number of alkyl halides is 1. The fourth-order valence-corrected chi connectivity index (χ4v) is 2.41. The molecule has 2 rings (SSSR count). The Bertz CT molecular complexity index is 450. The van der Waals surface area contributed by atoms with E-state index in [1.807, 2.05) is 17.5 Å². The number of nitrogen functional groups attached to an aromatic ring is 2. The summed E-state index contributed by atoms with van der Waals surface area (Å²) < 4.78 is 1.14. The molecule has 13 heavy (non-hydrogen) atoms. The number of hydrogen-bond donors (Lipinski definition) is 2. The number of halogens is 1. The highest BCUT2D eigenvalue weighted by Gasteiger charge is 2.07. The van der Waals surface area contributed by atoms with Gasteiger partial charge in [0.15, 0.2) is 0 Å². The van der Waals surface area contributed by atoms with Crippen molar-refractivity contribution in [2.24, 2.45) is 0 Å². The molecular formula is C9H9ClN2S. The minimum atomic E-state index is 0.407. The van der Waals surface area contributed by atoms with Crippen LogP contribution in [0, 0.1) is 0 Å². The number of anilines is 2. The second-order valence-electron chi connectivity index (χ2n) is 2.83. The SMILES string of the molecule is Nc1c(CCl)cc2sccc2c1N. The Kier molecular flexibility index (Phi) is 2.06. The molecule has 0 saturated carbocycles. The Labute approximate surface area is 85.1 Å². The van der Waals surface area contributed by atoms with Crippen LogP contribution in [0.5, 0.6) is 0 Å². The van der Waals surface area contributed by atoms with Crippen LogP contribution in [-0.2, 0) is 5.88 Å². The third kappa shape index (κ3) is 1.24. The van der Waals surface area contributed by atoms with E-state index in [0.717, 1.165) is 15.6 Å². The molecule has 2 aromatic rings.